The molecular formula is C17H19N7O. The molecule has 8 heteroatoms. The molecule has 1 aliphatic heterocycles. The summed E-state index contributed by atoms with van der Waals surface area (Å²) < 4.78 is 1.69. The van der Waals surface area contributed by atoms with Crippen LogP contribution in [-0.4, -0.2) is 37.4 Å². The van der Waals surface area contributed by atoms with Crippen molar-refractivity contribution in [2.24, 2.45) is 0 Å². The molecule has 8 nitrogen and oxygen atoms in total. The van der Waals surface area contributed by atoms with Crippen molar-refractivity contribution in [3.05, 3.63) is 59.4 Å². The van der Waals surface area contributed by atoms with Crippen LogP contribution in [0.4, 0.5) is 0 Å². The minimum atomic E-state index is -0.158. The molecule has 25 heavy (non-hydrogen) atoms. The Balaban J connectivity index is 1.47. The van der Waals surface area contributed by atoms with Crippen molar-refractivity contribution in [1.82, 2.24) is 35.6 Å². The highest BCUT2D eigenvalue weighted by atomic mass is 16.2. The lowest BCUT2D eigenvalue weighted by atomic mass is 10.1. The summed E-state index contributed by atoms with van der Waals surface area (Å²) in [5.41, 5.74) is 4.44. The van der Waals surface area contributed by atoms with Gasteiger partial charge in [-0.05, 0) is 24.6 Å². The van der Waals surface area contributed by atoms with E-state index in [1.165, 1.54) is 6.33 Å². The molecule has 0 saturated heterocycles. The van der Waals surface area contributed by atoms with Crippen LogP contribution in [0.5, 0.6) is 0 Å². The van der Waals surface area contributed by atoms with Crippen LogP contribution >= 0.6 is 0 Å². The largest absolute Gasteiger partial charge is 0.344 e. The van der Waals surface area contributed by atoms with Gasteiger partial charge in [-0.1, -0.05) is 12.1 Å². The smallest absolute Gasteiger partial charge is 0.272 e. The van der Waals surface area contributed by atoms with E-state index in [0.717, 1.165) is 35.5 Å². The number of carbonyl (C=O) groups is 1. The van der Waals surface area contributed by atoms with Gasteiger partial charge in [0.2, 0.25) is 0 Å². The maximum atomic E-state index is 12.6. The van der Waals surface area contributed by atoms with Crippen LogP contribution in [0.15, 0.2) is 36.9 Å². The van der Waals surface area contributed by atoms with Crippen LogP contribution in [0.3, 0.4) is 0 Å². The quantitative estimate of drug-likeness (QED) is 0.662. The Kier molecular flexibility index (Phi) is 4.02. The fourth-order valence-electron chi connectivity index (χ4n) is 3.02. The van der Waals surface area contributed by atoms with Gasteiger partial charge in [-0.2, -0.15) is 10.2 Å². The van der Waals surface area contributed by atoms with Crippen LogP contribution in [0.2, 0.25) is 0 Å². The first-order chi connectivity index (χ1) is 12.2. The van der Waals surface area contributed by atoms with Crippen molar-refractivity contribution in [3.63, 3.8) is 0 Å². The molecule has 1 atom stereocenters. The monoisotopic (exact) mass is 337 g/mol. The molecule has 0 saturated carbocycles. The van der Waals surface area contributed by atoms with Crippen molar-refractivity contribution in [3.8, 4) is 5.69 Å². The second kappa shape index (κ2) is 6.48. The standard InChI is InChI=1S/C17H19N7O/c1-11(12-2-4-13(5-3-12)24-10-19-9-20-24)21-17(25)16-14-8-18-7-6-15(14)22-23-16/h2-5,9-11,18H,6-8H2,1H3,(H,21,25)(H,22,23). The van der Waals surface area contributed by atoms with Gasteiger partial charge in [0, 0.05) is 30.8 Å². The average molecular weight is 337 g/mol. The van der Waals surface area contributed by atoms with Crippen LogP contribution in [0.25, 0.3) is 5.69 Å². The van der Waals surface area contributed by atoms with Crippen LogP contribution < -0.4 is 10.6 Å². The van der Waals surface area contributed by atoms with E-state index in [1.807, 2.05) is 31.2 Å². The topological polar surface area (TPSA) is 101 Å². The highest BCUT2D eigenvalue weighted by molar-refractivity contribution is 5.94. The van der Waals surface area contributed by atoms with E-state index in [0.29, 0.717) is 12.2 Å². The van der Waals surface area contributed by atoms with Gasteiger partial charge in [-0.15, -0.1) is 0 Å². The summed E-state index contributed by atoms with van der Waals surface area (Å²) in [5.74, 6) is -0.158. The molecule has 1 unspecified atom stereocenters. The molecule has 4 rings (SSSR count). The fourth-order valence-corrected chi connectivity index (χ4v) is 3.02. The Morgan fingerprint density at radius 2 is 2.16 bits per heavy atom. The SMILES string of the molecule is CC(NC(=O)c1n[nH]c2c1CNCC2)c1ccc(-n2cncn2)cc1. The number of fused-ring (bicyclic) bond motifs is 1. The summed E-state index contributed by atoms with van der Waals surface area (Å²) in [4.78, 5) is 16.5. The summed E-state index contributed by atoms with van der Waals surface area (Å²) in [6, 6.07) is 7.73. The summed E-state index contributed by atoms with van der Waals surface area (Å²) in [5, 5.41) is 17.6. The van der Waals surface area contributed by atoms with Gasteiger partial charge < -0.3 is 10.6 Å². The molecule has 3 heterocycles. The number of aromatic amines is 1. The second-order valence-electron chi connectivity index (χ2n) is 6.08. The molecule has 0 spiro atoms. The molecule has 0 aliphatic carbocycles. The molecule has 2 aromatic heterocycles. The molecule has 1 aliphatic rings. The Morgan fingerprint density at radius 3 is 2.92 bits per heavy atom. The van der Waals surface area contributed by atoms with Crippen molar-refractivity contribution in [2.45, 2.75) is 25.9 Å². The second-order valence-corrected chi connectivity index (χ2v) is 6.08. The lowest BCUT2D eigenvalue weighted by Gasteiger charge is -2.16. The van der Waals surface area contributed by atoms with E-state index in [2.05, 4.69) is 30.9 Å². The van der Waals surface area contributed by atoms with E-state index in [4.69, 9.17) is 0 Å². The summed E-state index contributed by atoms with van der Waals surface area (Å²) >= 11 is 0. The van der Waals surface area contributed by atoms with Crippen LogP contribution in [0.1, 0.15) is 40.3 Å². The summed E-state index contributed by atoms with van der Waals surface area (Å²) in [6.45, 7) is 3.54. The zero-order valence-electron chi connectivity index (χ0n) is 13.9. The average Bonchev–Trinajstić information content (AvgIpc) is 3.31. The molecule has 1 amide bonds. The highest BCUT2D eigenvalue weighted by Gasteiger charge is 2.22. The normalized spacial score (nSPS) is 14.8. The maximum absolute atomic E-state index is 12.6. The first-order valence-electron chi connectivity index (χ1n) is 8.25. The van der Waals surface area contributed by atoms with Crippen LogP contribution in [0, 0.1) is 0 Å². The predicted octanol–water partition coefficient (Wildman–Crippen LogP) is 1.13. The number of carbonyl (C=O) groups excluding carboxylic acids is 1. The lowest BCUT2D eigenvalue weighted by molar-refractivity contribution is 0.0933. The van der Waals surface area contributed by atoms with E-state index in [9.17, 15) is 4.79 Å². The molecule has 0 bridgehead atoms. The Hall–Kier alpha value is -3.00. The number of amides is 1. The Bertz CT molecular complexity index is 867. The van der Waals surface area contributed by atoms with Crippen molar-refractivity contribution >= 4 is 5.91 Å². The number of hydrogen-bond acceptors (Lipinski definition) is 5. The number of nitrogens with one attached hydrogen (secondary N) is 3. The van der Waals surface area contributed by atoms with E-state index in [-0.39, 0.29) is 11.9 Å². The number of benzene rings is 1. The van der Waals surface area contributed by atoms with Crippen molar-refractivity contribution in [2.75, 3.05) is 6.54 Å². The molecule has 3 N–H and O–H groups in total. The minimum absolute atomic E-state index is 0.124. The molecular weight excluding hydrogens is 318 g/mol. The fraction of sp³-hybridized carbons (Fsp3) is 0.294. The van der Waals surface area contributed by atoms with Gasteiger partial charge in [0.15, 0.2) is 5.69 Å². The highest BCUT2D eigenvalue weighted by Crippen LogP contribution is 2.18. The van der Waals surface area contributed by atoms with Crippen molar-refractivity contribution in [1.29, 1.82) is 0 Å². The predicted molar refractivity (Wildman–Crippen MR) is 91.2 cm³/mol. The van der Waals surface area contributed by atoms with Gasteiger partial charge in [-0.25, -0.2) is 9.67 Å². The third-order valence-corrected chi connectivity index (χ3v) is 4.45. The van der Waals surface area contributed by atoms with E-state index in [1.54, 1.807) is 11.0 Å². The summed E-state index contributed by atoms with van der Waals surface area (Å²) in [6.07, 6.45) is 4.01. The molecule has 1 aromatic carbocycles. The summed E-state index contributed by atoms with van der Waals surface area (Å²) in [7, 11) is 0. The molecule has 128 valence electrons. The minimum Gasteiger partial charge on any atom is -0.344 e. The van der Waals surface area contributed by atoms with E-state index < -0.39 is 0 Å². The Labute approximate surface area is 144 Å². The van der Waals surface area contributed by atoms with Gasteiger partial charge in [0.05, 0.1) is 11.7 Å². The van der Waals surface area contributed by atoms with Gasteiger partial charge in [0.25, 0.3) is 5.91 Å². The number of hydrogen-bond donors (Lipinski definition) is 3. The number of aromatic nitrogens is 5. The zero-order valence-corrected chi connectivity index (χ0v) is 13.9. The van der Waals surface area contributed by atoms with Gasteiger partial charge in [0.1, 0.15) is 12.7 Å². The number of rotatable bonds is 4. The Morgan fingerprint density at radius 1 is 1.32 bits per heavy atom. The molecule has 3 aromatic rings. The number of H-pyrrole nitrogens is 1. The third kappa shape index (κ3) is 3.03. The van der Waals surface area contributed by atoms with Gasteiger partial charge in [-0.3, -0.25) is 9.89 Å². The van der Waals surface area contributed by atoms with Crippen LogP contribution in [-0.2, 0) is 13.0 Å². The van der Waals surface area contributed by atoms with Crippen molar-refractivity contribution < 1.29 is 4.79 Å². The molecule has 0 radical (unpaired) electrons. The first-order valence-corrected chi connectivity index (χ1v) is 8.25. The number of nitrogens with zero attached hydrogens (tertiary/aromatic N) is 4. The molecule has 0 fully saturated rings. The lowest BCUT2D eigenvalue weighted by Crippen LogP contribution is -2.30. The first kappa shape index (κ1) is 15.5. The van der Waals surface area contributed by atoms with Gasteiger partial charge >= 0.3 is 0 Å². The zero-order chi connectivity index (χ0) is 17.2. The maximum Gasteiger partial charge on any atom is 0.272 e. The van der Waals surface area contributed by atoms with E-state index >= 15 is 0 Å². The third-order valence-electron chi connectivity index (χ3n) is 4.45.